The van der Waals surface area contributed by atoms with Crippen LogP contribution < -0.4 is 0 Å². The lowest BCUT2D eigenvalue weighted by Crippen LogP contribution is -2.28. The van der Waals surface area contributed by atoms with E-state index in [0.717, 1.165) is 12.1 Å². The third-order valence-corrected chi connectivity index (χ3v) is 2.71. The van der Waals surface area contributed by atoms with Crippen LogP contribution in [0.15, 0.2) is 24.3 Å². The molecule has 0 heterocycles. The molecule has 3 nitrogen and oxygen atoms in total. The van der Waals surface area contributed by atoms with E-state index in [9.17, 15) is 13.2 Å². The first-order chi connectivity index (χ1) is 8.97. The van der Waals surface area contributed by atoms with Gasteiger partial charge in [0.05, 0.1) is 12.2 Å². The summed E-state index contributed by atoms with van der Waals surface area (Å²) in [6, 6.07) is 5.15. The molecule has 0 saturated heterocycles. The molecule has 0 aliphatic heterocycles. The molecule has 0 bridgehead atoms. The van der Waals surface area contributed by atoms with Crippen LogP contribution in [0.5, 0.6) is 0 Å². The summed E-state index contributed by atoms with van der Waals surface area (Å²) < 4.78 is 37.7. The number of hydrogen-bond acceptors (Lipinski definition) is 3. The van der Waals surface area contributed by atoms with Gasteiger partial charge in [-0.1, -0.05) is 18.2 Å². The summed E-state index contributed by atoms with van der Waals surface area (Å²) in [6.07, 6.45) is -3.82. The SMILES string of the molecule is OCCCN(CCO)Cc1cccc(C(F)(F)F)c1. The van der Waals surface area contributed by atoms with Crippen molar-refractivity contribution in [2.75, 3.05) is 26.3 Å². The van der Waals surface area contributed by atoms with Crippen molar-refractivity contribution >= 4 is 0 Å². The van der Waals surface area contributed by atoms with Gasteiger partial charge in [-0.15, -0.1) is 0 Å². The van der Waals surface area contributed by atoms with Gasteiger partial charge in [-0.2, -0.15) is 13.2 Å². The molecule has 1 rings (SSSR count). The van der Waals surface area contributed by atoms with Crippen molar-refractivity contribution in [3.8, 4) is 0 Å². The predicted molar refractivity (Wildman–Crippen MR) is 65.5 cm³/mol. The van der Waals surface area contributed by atoms with Crippen LogP contribution in [-0.4, -0.2) is 41.4 Å². The molecule has 1 aromatic rings. The molecule has 0 aliphatic rings. The highest BCUT2D eigenvalue weighted by molar-refractivity contribution is 5.25. The van der Waals surface area contributed by atoms with Gasteiger partial charge in [-0.25, -0.2) is 0 Å². The summed E-state index contributed by atoms with van der Waals surface area (Å²) in [5.74, 6) is 0. The minimum atomic E-state index is -4.34. The maximum Gasteiger partial charge on any atom is 0.416 e. The lowest BCUT2D eigenvalue weighted by atomic mass is 10.1. The molecule has 0 spiro atoms. The second-order valence-electron chi connectivity index (χ2n) is 4.28. The summed E-state index contributed by atoms with van der Waals surface area (Å²) in [4.78, 5) is 1.81. The van der Waals surface area contributed by atoms with Crippen LogP contribution >= 0.6 is 0 Å². The average Bonchev–Trinajstić information content (AvgIpc) is 2.35. The number of aliphatic hydroxyl groups is 2. The van der Waals surface area contributed by atoms with Crippen LogP contribution in [0.4, 0.5) is 13.2 Å². The fourth-order valence-corrected chi connectivity index (χ4v) is 1.81. The molecule has 0 atom stereocenters. The molecule has 0 fully saturated rings. The van der Waals surface area contributed by atoms with Crippen LogP contribution in [0.2, 0.25) is 0 Å². The van der Waals surface area contributed by atoms with Crippen molar-refractivity contribution in [1.82, 2.24) is 4.90 Å². The first kappa shape index (κ1) is 15.9. The Balaban J connectivity index is 2.73. The Morgan fingerprint density at radius 1 is 1.05 bits per heavy atom. The quantitative estimate of drug-likeness (QED) is 0.800. The van der Waals surface area contributed by atoms with Gasteiger partial charge in [0.1, 0.15) is 0 Å². The van der Waals surface area contributed by atoms with E-state index in [1.165, 1.54) is 6.07 Å². The Labute approximate surface area is 110 Å². The molecule has 0 aromatic heterocycles. The van der Waals surface area contributed by atoms with Gasteiger partial charge < -0.3 is 10.2 Å². The number of alkyl halides is 3. The lowest BCUT2D eigenvalue weighted by Gasteiger charge is -2.21. The van der Waals surface area contributed by atoms with Crippen molar-refractivity contribution in [3.05, 3.63) is 35.4 Å². The summed E-state index contributed by atoms with van der Waals surface area (Å²) >= 11 is 0. The summed E-state index contributed by atoms with van der Waals surface area (Å²) in [7, 11) is 0. The Kier molecular flexibility index (Phi) is 6.27. The van der Waals surface area contributed by atoms with E-state index < -0.39 is 11.7 Å². The minimum absolute atomic E-state index is 0.0184. The molecule has 0 amide bonds. The molecule has 6 heteroatoms. The number of halogens is 3. The molecule has 0 saturated carbocycles. The Hall–Kier alpha value is -1.11. The zero-order chi connectivity index (χ0) is 14.3. The Morgan fingerprint density at radius 3 is 2.37 bits per heavy atom. The number of hydrogen-bond donors (Lipinski definition) is 2. The maximum atomic E-state index is 12.6. The molecule has 108 valence electrons. The first-order valence-corrected chi connectivity index (χ1v) is 6.07. The normalized spacial score (nSPS) is 12.1. The topological polar surface area (TPSA) is 43.7 Å². The van der Waals surface area contributed by atoms with Crippen molar-refractivity contribution in [3.63, 3.8) is 0 Å². The zero-order valence-corrected chi connectivity index (χ0v) is 10.5. The second kappa shape index (κ2) is 7.47. The van der Waals surface area contributed by atoms with E-state index in [1.54, 1.807) is 6.07 Å². The standard InChI is InChI=1S/C13H18F3NO2/c14-13(15,16)12-4-1-3-11(9-12)10-17(6-8-19)5-2-7-18/h1,3-4,9,18-19H,2,5-8,10H2. The van der Waals surface area contributed by atoms with Gasteiger partial charge >= 0.3 is 6.18 Å². The summed E-state index contributed by atoms with van der Waals surface area (Å²) in [5, 5.41) is 17.7. The molecule has 2 N–H and O–H groups in total. The fourth-order valence-electron chi connectivity index (χ4n) is 1.81. The van der Waals surface area contributed by atoms with E-state index >= 15 is 0 Å². The number of aliphatic hydroxyl groups excluding tert-OH is 2. The largest absolute Gasteiger partial charge is 0.416 e. The van der Waals surface area contributed by atoms with Gasteiger partial charge in [-0.05, 0) is 18.1 Å². The number of benzene rings is 1. The smallest absolute Gasteiger partial charge is 0.396 e. The molecule has 0 unspecified atom stereocenters. The van der Waals surface area contributed by atoms with Crippen molar-refractivity contribution in [2.24, 2.45) is 0 Å². The molecule has 19 heavy (non-hydrogen) atoms. The zero-order valence-electron chi connectivity index (χ0n) is 10.5. The van der Waals surface area contributed by atoms with Gasteiger partial charge in [0.25, 0.3) is 0 Å². The van der Waals surface area contributed by atoms with E-state index in [-0.39, 0.29) is 13.2 Å². The molecular formula is C13H18F3NO2. The summed E-state index contributed by atoms with van der Waals surface area (Å²) in [6.45, 7) is 1.18. The average molecular weight is 277 g/mol. The monoisotopic (exact) mass is 277 g/mol. The molecule has 0 radical (unpaired) electrons. The maximum absolute atomic E-state index is 12.6. The molecular weight excluding hydrogens is 259 g/mol. The van der Waals surface area contributed by atoms with Crippen LogP contribution in [-0.2, 0) is 12.7 Å². The molecule has 1 aromatic carbocycles. The minimum Gasteiger partial charge on any atom is -0.396 e. The van der Waals surface area contributed by atoms with E-state index in [2.05, 4.69) is 0 Å². The summed E-state index contributed by atoms with van der Waals surface area (Å²) in [5.41, 5.74) is -0.127. The van der Waals surface area contributed by atoms with Crippen LogP contribution in [0.3, 0.4) is 0 Å². The fraction of sp³-hybridized carbons (Fsp3) is 0.538. The van der Waals surface area contributed by atoms with Crippen LogP contribution in [0, 0.1) is 0 Å². The third kappa shape index (κ3) is 5.59. The van der Waals surface area contributed by atoms with Crippen molar-refractivity contribution < 1.29 is 23.4 Å². The highest BCUT2D eigenvalue weighted by Crippen LogP contribution is 2.29. The number of rotatable bonds is 7. The Morgan fingerprint density at radius 2 is 1.79 bits per heavy atom. The van der Waals surface area contributed by atoms with Crippen LogP contribution in [0.25, 0.3) is 0 Å². The van der Waals surface area contributed by atoms with E-state index in [1.807, 2.05) is 4.90 Å². The third-order valence-electron chi connectivity index (χ3n) is 2.71. The van der Waals surface area contributed by atoms with E-state index in [0.29, 0.717) is 31.6 Å². The van der Waals surface area contributed by atoms with Gasteiger partial charge in [0.2, 0.25) is 0 Å². The van der Waals surface area contributed by atoms with Crippen molar-refractivity contribution in [1.29, 1.82) is 0 Å². The highest BCUT2D eigenvalue weighted by Gasteiger charge is 2.30. The lowest BCUT2D eigenvalue weighted by molar-refractivity contribution is -0.137. The molecule has 0 aliphatic carbocycles. The van der Waals surface area contributed by atoms with Crippen molar-refractivity contribution in [2.45, 2.75) is 19.1 Å². The predicted octanol–water partition coefficient (Wildman–Crippen LogP) is 1.88. The Bertz CT molecular complexity index is 382. The van der Waals surface area contributed by atoms with Gasteiger partial charge in [0, 0.05) is 26.2 Å². The highest BCUT2D eigenvalue weighted by atomic mass is 19.4. The van der Waals surface area contributed by atoms with Gasteiger partial charge in [0.15, 0.2) is 0 Å². The number of nitrogens with zero attached hydrogens (tertiary/aromatic N) is 1. The van der Waals surface area contributed by atoms with E-state index in [4.69, 9.17) is 10.2 Å². The van der Waals surface area contributed by atoms with Gasteiger partial charge in [-0.3, -0.25) is 4.90 Å². The first-order valence-electron chi connectivity index (χ1n) is 6.07. The second-order valence-corrected chi connectivity index (χ2v) is 4.28. The van der Waals surface area contributed by atoms with Crippen LogP contribution in [0.1, 0.15) is 17.5 Å².